The molecule has 21 heavy (non-hydrogen) atoms. The molecule has 0 aromatic heterocycles. The average molecular weight is 328 g/mol. The quantitative estimate of drug-likeness (QED) is 0.414. The van der Waals surface area contributed by atoms with E-state index in [4.69, 9.17) is 0 Å². The van der Waals surface area contributed by atoms with Crippen LogP contribution in [0.15, 0.2) is 22.1 Å². The third kappa shape index (κ3) is 3.40. The molecule has 1 rings (SSSR count). The van der Waals surface area contributed by atoms with E-state index in [0.29, 0.717) is 6.21 Å². The lowest BCUT2D eigenvalue weighted by Gasteiger charge is -2.23. The van der Waals surface area contributed by atoms with E-state index in [1.807, 2.05) is 0 Å². The van der Waals surface area contributed by atoms with Crippen LogP contribution >= 0.6 is 0 Å². The van der Waals surface area contributed by atoms with Crippen LogP contribution in [0, 0.1) is 0 Å². The van der Waals surface area contributed by atoms with Gasteiger partial charge in [-0.05, 0) is 6.92 Å². The summed E-state index contributed by atoms with van der Waals surface area (Å²) in [7, 11) is -3.35. The molecule has 7 nitrogen and oxygen atoms in total. The highest BCUT2D eigenvalue weighted by molar-refractivity contribution is 7.93. The number of halogens is 3. The van der Waals surface area contributed by atoms with Crippen molar-refractivity contribution in [1.29, 1.82) is 0 Å². The second-order valence-electron chi connectivity index (χ2n) is 3.85. The van der Waals surface area contributed by atoms with Crippen molar-refractivity contribution in [3.63, 3.8) is 0 Å². The van der Waals surface area contributed by atoms with Crippen molar-refractivity contribution in [2.75, 3.05) is 12.9 Å². The van der Waals surface area contributed by atoms with E-state index in [1.165, 1.54) is 0 Å². The van der Waals surface area contributed by atoms with Crippen molar-refractivity contribution in [3.05, 3.63) is 11.9 Å². The van der Waals surface area contributed by atoms with Crippen LogP contribution in [0.5, 0.6) is 0 Å². The molecule has 0 aromatic rings. The van der Waals surface area contributed by atoms with Crippen molar-refractivity contribution < 1.29 is 36.0 Å². The molecule has 11 heteroatoms. The number of hydrogen-bond donors (Lipinski definition) is 0. The van der Waals surface area contributed by atoms with Crippen LogP contribution in [0.4, 0.5) is 13.2 Å². The molecule has 1 atom stereocenters. The Hall–Kier alpha value is -1.91. The molecule has 0 N–H and O–H groups in total. The molecule has 0 saturated carbocycles. The largest absolute Gasteiger partial charge is 0.412 e. The molecule has 0 saturated heterocycles. The SMILES string of the molecule is CO/N=C(\C)C1(S(=O)(=O)CCC(F)=C(F)F)N=CC(=O)O1. The number of allylic oxidation sites excluding steroid dienone is 1. The average Bonchev–Trinajstić information content (AvgIpc) is 2.80. The Bertz CT molecular complexity index is 625. The fraction of sp³-hybridized carbons (Fsp3) is 0.500. The molecule has 1 aliphatic heterocycles. The van der Waals surface area contributed by atoms with Gasteiger partial charge in [0.15, 0.2) is 5.83 Å². The molecule has 0 fully saturated rings. The number of sulfone groups is 1. The molecule has 0 bridgehead atoms. The number of ether oxygens (including phenoxy) is 1. The van der Waals surface area contributed by atoms with Gasteiger partial charge in [0.1, 0.15) is 19.0 Å². The van der Waals surface area contributed by atoms with Crippen LogP contribution in [-0.4, -0.2) is 44.2 Å². The molecule has 0 spiro atoms. The molecule has 1 heterocycles. The minimum Gasteiger partial charge on any atom is -0.412 e. The maximum absolute atomic E-state index is 12.8. The lowest BCUT2D eigenvalue weighted by atomic mass is 10.4. The zero-order valence-corrected chi connectivity index (χ0v) is 11.8. The van der Waals surface area contributed by atoms with E-state index >= 15 is 0 Å². The summed E-state index contributed by atoms with van der Waals surface area (Å²) in [6, 6.07) is 0. The highest BCUT2D eigenvalue weighted by Gasteiger charge is 2.53. The van der Waals surface area contributed by atoms with Gasteiger partial charge in [0.2, 0.25) is 9.84 Å². The first-order valence-electron chi connectivity index (χ1n) is 5.44. The lowest BCUT2D eigenvalue weighted by Crippen LogP contribution is -2.46. The maximum Gasteiger partial charge on any atom is 0.352 e. The van der Waals surface area contributed by atoms with Crippen LogP contribution < -0.4 is 0 Å². The van der Waals surface area contributed by atoms with Gasteiger partial charge in [-0.2, -0.15) is 8.78 Å². The number of aliphatic imine (C=N–C) groups is 1. The first kappa shape index (κ1) is 17.1. The van der Waals surface area contributed by atoms with E-state index in [2.05, 4.69) is 19.7 Å². The predicted molar refractivity (Wildman–Crippen MR) is 66.2 cm³/mol. The summed E-state index contributed by atoms with van der Waals surface area (Å²) in [5, 5.41) is 0.814. The number of carbonyl (C=O) groups is 1. The third-order valence-corrected chi connectivity index (χ3v) is 4.55. The van der Waals surface area contributed by atoms with Crippen LogP contribution in [0.3, 0.4) is 0 Å². The summed E-state index contributed by atoms with van der Waals surface area (Å²) in [5.41, 5.74) is -0.350. The molecule has 118 valence electrons. The van der Waals surface area contributed by atoms with E-state index in [9.17, 15) is 26.4 Å². The minimum atomic E-state index is -4.46. The fourth-order valence-corrected chi connectivity index (χ4v) is 3.15. The topological polar surface area (TPSA) is 94.4 Å². The standard InChI is InChI=1S/C10H11F3N2O5S/c1-6(15-19-2)10(14-5-8(16)20-10)21(17,18)4-3-7(11)9(12)13/h5H,3-4H2,1-2H3/b15-6+. The van der Waals surface area contributed by atoms with Crippen LogP contribution in [0.25, 0.3) is 0 Å². The maximum atomic E-state index is 12.8. The number of nitrogens with zero attached hydrogens (tertiary/aromatic N) is 2. The molecule has 0 aromatic carbocycles. The first-order chi connectivity index (χ1) is 9.66. The number of oxime groups is 1. The van der Waals surface area contributed by atoms with E-state index < -0.39 is 44.9 Å². The summed E-state index contributed by atoms with van der Waals surface area (Å²) < 4.78 is 65.7. The summed E-state index contributed by atoms with van der Waals surface area (Å²) in [6.45, 7) is 1.15. The van der Waals surface area contributed by atoms with Gasteiger partial charge in [0.05, 0.1) is 5.75 Å². The van der Waals surface area contributed by atoms with E-state index in [-0.39, 0.29) is 5.71 Å². The summed E-state index contributed by atoms with van der Waals surface area (Å²) in [4.78, 5) is 19.0. The summed E-state index contributed by atoms with van der Waals surface area (Å²) >= 11 is 0. The third-order valence-electron chi connectivity index (χ3n) is 2.48. The van der Waals surface area contributed by atoms with Gasteiger partial charge in [0, 0.05) is 6.42 Å². The molecule has 0 aliphatic carbocycles. The van der Waals surface area contributed by atoms with Crippen molar-refractivity contribution in [2.45, 2.75) is 18.4 Å². The summed E-state index contributed by atoms with van der Waals surface area (Å²) in [6.07, 6.45) is -3.10. The van der Waals surface area contributed by atoms with Crippen LogP contribution in [0.2, 0.25) is 0 Å². The minimum absolute atomic E-state index is 0.350. The summed E-state index contributed by atoms with van der Waals surface area (Å²) in [5.74, 6) is -3.99. The van der Waals surface area contributed by atoms with Gasteiger partial charge < -0.3 is 9.57 Å². The van der Waals surface area contributed by atoms with Gasteiger partial charge in [0.25, 0.3) is 0 Å². The monoisotopic (exact) mass is 328 g/mol. The Labute approximate surface area is 118 Å². The van der Waals surface area contributed by atoms with Gasteiger partial charge in [-0.3, -0.25) is 0 Å². The molecular weight excluding hydrogens is 317 g/mol. The van der Waals surface area contributed by atoms with Crippen molar-refractivity contribution in [2.24, 2.45) is 10.1 Å². The number of esters is 1. The molecule has 0 amide bonds. The van der Waals surface area contributed by atoms with Crippen LogP contribution in [-0.2, 0) is 24.2 Å². The predicted octanol–water partition coefficient (Wildman–Crippen LogP) is 1.17. The normalized spacial score (nSPS) is 22.1. The second kappa shape index (κ2) is 6.24. The van der Waals surface area contributed by atoms with Gasteiger partial charge in [-0.15, -0.1) is 0 Å². The molecule has 1 aliphatic rings. The van der Waals surface area contributed by atoms with Gasteiger partial charge in [-0.25, -0.2) is 22.6 Å². The zero-order chi connectivity index (χ0) is 16.3. The smallest absolute Gasteiger partial charge is 0.352 e. The van der Waals surface area contributed by atoms with E-state index in [0.717, 1.165) is 14.0 Å². The Kier molecular flexibility index (Phi) is 5.10. The Morgan fingerprint density at radius 3 is 2.52 bits per heavy atom. The van der Waals surface area contributed by atoms with Crippen molar-refractivity contribution in [3.8, 4) is 0 Å². The highest BCUT2D eigenvalue weighted by atomic mass is 32.2. The molecule has 0 radical (unpaired) electrons. The van der Waals surface area contributed by atoms with Gasteiger partial charge in [-0.1, -0.05) is 5.16 Å². The lowest BCUT2D eigenvalue weighted by molar-refractivity contribution is -0.136. The van der Waals surface area contributed by atoms with Crippen molar-refractivity contribution in [1.82, 2.24) is 0 Å². The fourth-order valence-electron chi connectivity index (χ4n) is 1.51. The number of cyclic esters (lactones) is 1. The number of rotatable bonds is 6. The molecular formula is C10H11F3N2O5S. The number of carbonyl (C=O) groups excluding carboxylic acids is 1. The Morgan fingerprint density at radius 2 is 2.10 bits per heavy atom. The van der Waals surface area contributed by atoms with E-state index in [1.54, 1.807) is 0 Å². The van der Waals surface area contributed by atoms with Gasteiger partial charge >= 0.3 is 17.1 Å². The molecule has 1 unspecified atom stereocenters. The Morgan fingerprint density at radius 1 is 1.48 bits per heavy atom. The zero-order valence-electron chi connectivity index (χ0n) is 11.0. The highest BCUT2D eigenvalue weighted by Crippen LogP contribution is 2.30. The first-order valence-corrected chi connectivity index (χ1v) is 7.10. The second-order valence-corrected chi connectivity index (χ2v) is 6.05. The van der Waals surface area contributed by atoms with Crippen LogP contribution in [0.1, 0.15) is 13.3 Å². The Balaban J connectivity index is 3.16. The number of hydrogen-bond acceptors (Lipinski definition) is 7. The van der Waals surface area contributed by atoms with Crippen molar-refractivity contribution >= 4 is 27.7 Å².